The van der Waals surface area contributed by atoms with E-state index in [1.807, 2.05) is 37.3 Å². The molecule has 2 rings (SSSR count). The highest BCUT2D eigenvalue weighted by Crippen LogP contribution is 2.20. The van der Waals surface area contributed by atoms with Crippen molar-refractivity contribution in [1.29, 1.82) is 0 Å². The van der Waals surface area contributed by atoms with Gasteiger partial charge in [0, 0.05) is 6.04 Å². The standard InChI is InChI=1S/C15H17NO3/c1-10(11-5-3-2-4-6-11)14(17)16-13-8-7-12(9-13)15(18)19/h2-8,10,12-13H,9H2,1H3,(H,16,17)(H,18,19). The van der Waals surface area contributed by atoms with Crippen molar-refractivity contribution in [3.8, 4) is 0 Å². The number of carboxylic acid groups (broad SMARTS) is 1. The molecule has 0 radical (unpaired) electrons. The van der Waals surface area contributed by atoms with Crippen molar-refractivity contribution in [2.45, 2.75) is 25.3 Å². The molecule has 1 aliphatic rings. The van der Waals surface area contributed by atoms with E-state index in [0.29, 0.717) is 6.42 Å². The summed E-state index contributed by atoms with van der Waals surface area (Å²) < 4.78 is 0. The minimum absolute atomic E-state index is 0.0770. The van der Waals surface area contributed by atoms with Gasteiger partial charge in [0.05, 0.1) is 11.8 Å². The Labute approximate surface area is 112 Å². The normalized spacial score (nSPS) is 23.0. The second-order valence-corrected chi connectivity index (χ2v) is 4.81. The van der Waals surface area contributed by atoms with E-state index in [-0.39, 0.29) is 17.9 Å². The molecule has 3 atom stereocenters. The Morgan fingerprint density at radius 3 is 2.53 bits per heavy atom. The van der Waals surface area contributed by atoms with Gasteiger partial charge in [-0.2, -0.15) is 0 Å². The minimum atomic E-state index is -0.843. The van der Waals surface area contributed by atoms with E-state index in [2.05, 4.69) is 5.32 Å². The quantitative estimate of drug-likeness (QED) is 0.812. The smallest absolute Gasteiger partial charge is 0.310 e. The molecule has 0 saturated heterocycles. The van der Waals surface area contributed by atoms with Crippen LogP contribution in [-0.4, -0.2) is 23.0 Å². The van der Waals surface area contributed by atoms with Crippen LogP contribution >= 0.6 is 0 Å². The molecular weight excluding hydrogens is 242 g/mol. The Kier molecular flexibility index (Phi) is 4.00. The predicted octanol–water partition coefficient (Wildman–Crippen LogP) is 1.94. The molecule has 0 spiro atoms. The van der Waals surface area contributed by atoms with Crippen molar-refractivity contribution < 1.29 is 14.7 Å². The highest BCUT2D eigenvalue weighted by Gasteiger charge is 2.26. The van der Waals surface area contributed by atoms with Crippen molar-refractivity contribution in [3.63, 3.8) is 0 Å². The first kappa shape index (κ1) is 13.3. The van der Waals surface area contributed by atoms with Gasteiger partial charge in [-0.15, -0.1) is 0 Å². The van der Waals surface area contributed by atoms with Gasteiger partial charge in [0.2, 0.25) is 5.91 Å². The summed E-state index contributed by atoms with van der Waals surface area (Å²) in [6.45, 7) is 1.85. The summed E-state index contributed by atoms with van der Waals surface area (Å²) in [7, 11) is 0. The highest BCUT2D eigenvalue weighted by atomic mass is 16.4. The lowest BCUT2D eigenvalue weighted by atomic mass is 10.00. The maximum atomic E-state index is 12.1. The number of hydrogen-bond donors (Lipinski definition) is 2. The number of amides is 1. The molecule has 1 aromatic carbocycles. The number of carbonyl (C=O) groups excluding carboxylic acids is 1. The molecule has 4 heteroatoms. The van der Waals surface area contributed by atoms with Crippen LogP contribution in [0.2, 0.25) is 0 Å². The van der Waals surface area contributed by atoms with Crippen LogP contribution in [0.3, 0.4) is 0 Å². The molecule has 1 amide bonds. The third-order valence-electron chi connectivity index (χ3n) is 3.42. The second kappa shape index (κ2) is 5.69. The van der Waals surface area contributed by atoms with Crippen LogP contribution in [0.5, 0.6) is 0 Å². The van der Waals surface area contributed by atoms with Crippen LogP contribution in [-0.2, 0) is 9.59 Å². The van der Waals surface area contributed by atoms with E-state index >= 15 is 0 Å². The van der Waals surface area contributed by atoms with Crippen LogP contribution in [0, 0.1) is 5.92 Å². The number of benzene rings is 1. The zero-order chi connectivity index (χ0) is 13.8. The summed E-state index contributed by atoms with van der Waals surface area (Å²) in [4.78, 5) is 22.9. The average Bonchev–Trinajstić information content (AvgIpc) is 2.87. The third-order valence-corrected chi connectivity index (χ3v) is 3.42. The van der Waals surface area contributed by atoms with Crippen molar-refractivity contribution in [3.05, 3.63) is 48.0 Å². The van der Waals surface area contributed by atoms with Crippen molar-refractivity contribution in [1.82, 2.24) is 5.32 Å². The number of nitrogens with one attached hydrogen (secondary N) is 1. The van der Waals surface area contributed by atoms with Crippen molar-refractivity contribution >= 4 is 11.9 Å². The monoisotopic (exact) mass is 259 g/mol. The van der Waals surface area contributed by atoms with Gasteiger partial charge in [0.1, 0.15) is 0 Å². The van der Waals surface area contributed by atoms with Gasteiger partial charge in [0.25, 0.3) is 0 Å². The van der Waals surface area contributed by atoms with Crippen LogP contribution < -0.4 is 5.32 Å². The van der Waals surface area contributed by atoms with Crippen LogP contribution in [0.15, 0.2) is 42.5 Å². The molecule has 2 N–H and O–H groups in total. The summed E-state index contributed by atoms with van der Waals surface area (Å²) in [5.41, 5.74) is 0.955. The summed E-state index contributed by atoms with van der Waals surface area (Å²) >= 11 is 0. The lowest BCUT2D eigenvalue weighted by molar-refractivity contribution is -0.140. The summed E-state index contributed by atoms with van der Waals surface area (Å²) in [6.07, 6.45) is 3.83. The molecule has 0 heterocycles. The molecule has 4 nitrogen and oxygen atoms in total. The Hall–Kier alpha value is -2.10. The lowest BCUT2D eigenvalue weighted by Crippen LogP contribution is -2.36. The zero-order valence-corrected chi connectivity index (χ0v) is 10.7. The third kappa shape index (κ3) is 3.22. The Bertz CT molecular complexity index is 495. The molecule has 0 bridgehead atoms. The Balaban J connectivity index is 1.92. The van der Waals surface area contributed by atoms with Crippen molar-refractivity contribution in [2.75, 3.05) is 0 Å². The molecule has 0 fully saturated rings. The first-order chi connectivity index (χ1) is 9.08. The first-order valence-electron chi connectivity index (χ1n) is 6.34. The number of aliphatic carboxylic acids is 1. The van der Waals surface area contributed by atoms with Gasteiger partial charge in [-0.25, -0.2) is 0 Å². The molecule has 19 heavy (non-hydrogen) atoms. The van der Waals surface area contributed by atoms with Gasteiger partial charge in [-0.3, -0.25) is 9.59 Å². The number of hydrogen-bond acceptors (Lipinski definition) is 2. The molecular formula is C15H17NO3. The molecule has 1 aromatic rings. The van der Waals surface area contributed by atoms with E-state index in [0.717, 1.165) is 5.56 Å². The molecule has 0 saturated carbocycles. The molecule has 3 unspecified atom stereocenters. The first-order valence-corrected chi connectivity index (χ1v) is 6.34. The summed E-state index contributed by atoms with van der Waals surface area (Å²) in [6, 6.07) is 9.35. The van der Waals surface area contributed by atoms with Gasteiger partial charge in [-0.1, -0.05) is 42.5 Å². The lowest BCUT2D eigenvalue weighted by Gasteiger charge is -2.16. The van der Waals surface area contributed by atoms with Gasteiger partial charge in [0.15, 0.2) is 0 Å². The predicted molar refractivity (Wildman–Crippen MR) is 71.7 cm³/mol. The number of rotatable bonds is 4. The maximum absolute atomic E-state index is 12.1. The van der Waals surface area contributed by atoms with Gasteiger partial charge in [-0.05, 0) is 18.9 Å². The highest BCUT2D eigenvalue weighted by molar-refractivity contribution is 5.84. The van der Waals surface area contributed by atoms with E-state index in [1.54, 1.807) is 12.2 Å². The minimum Gasteiger partial charge on any atom is -0.481 e. The van der Waals surface area contributed by atoms with Crippen molar-refractivity contribution in [2.24, 2.45) is 5.92 Å². The van der Waals surface area contributed by atoms with E-state index in [9.17, 15) is 9.59 Å². The Morgan fingerprint density at radius 1 is 1.26 bits per heavy atom. The molecule has 0 aromatic heterocycles. The van der Waals surface area contributed by atoms with Crippen LogP contribution in [0.25, 0.3) is 0 Å². The molecule has 0 aliphatic heterocycles. The summed E-state index contributed by atoms with van der Waals surface area (Å²) in [5.74, 6) is -1.65. The van der Waals surface area contributed by atoms with E-state index < -0.39 is 11.9 Å². The largest absolute Gasteiger partial charge is 0.481 e. The van der Waals surface area contributed by atoms with Gasteiger partial charge >= 0.3 is 5.97 Å². The van der Waals surface area contributed by atoms with Crippen LogP contribution in [0.1, 0.15) is 24.8 Å². The van der Waals surface area contributed by atoms with Gasteiger partial charge < -0.3 is 10.4 Å². The zero-order valence-electron chi connectivity index (χ0n) is 10.7. The number of carbonyl (C=O) groups is 2. The molecule has 1 aliphatic carbocycles. The Morgan fingerprint density at radius 2 is 1.95 bits per heavy atom. The average molecular weight is 259 g/mol. The SMILES string of the molecule is CC(C(=O)NC1C=CC(C(=O)O)C1)c1ccccc1. The fourth-order valence-electron chi connectivity index (χ4n) is 2.19. The van der Waals surface area contributed by atoms with E-state index in [4.69, 9.17) is 5.11 Å². The fraction of sp³-hybridized carbons (Fsp3) is 0.333. The topological polar surface area (TPSA) is 66.4 Å². The van der Waals surface area contributed by atoms with Crippen LogP contribution in [0.4, 0.5) is 0 Å². The maximum Gasteiger partial charge on any atom is 0.310 e. The summed E-state index contributed by atoms with van der Waals surface area (Å²) in [5, 5.41) is 11.8. The number of carboxylic acids is 1. The fourth-order valence-corrected chi connectivity index (χ4v) is 2.19. The van der Waals surface area contributed by atoms with E-state index in [1.165, 1.54) is 0 Å². The second-order valence-electron chi connectivity index (χ2n) is 4.81. The molecule has 100 valence electrons.